The molecule has 3 aromatic carbocycles. The van der Waals surface area contributed by atoms with Gasteiger partial charge in [-0.2, -0.15) is 0 Å². The van der Waals surface area contributed by atoms with Crippen molar-refractivity contribution in [3.05, 3.63) is 136 Å². The SMILES string of the molecule is Fc1cc(F)c(F)c(-c2c3nc(c(-c4c(F)c(F)c(F)c(F)c4F)c4ccc([nH]4)c(-c4c(F)c(F)cc(F)c4F)c4ccc([nH]4)c4ccc2[nH]4)C=C3)c1F. The van der Waals surface area contributed by atoms with Gasteiger partial charge < -0.3 is 15.0 Å². The number of halogens is 13. The zero-order valence-electron chi connectivity index (χ0n) is 26.1. The molecule has 0 saturated heterocycles. The predicted octanol–water partition coefficient (Wildman–Crippen LogP) is 11.5. The monoisotopic (exact) mass is 760 g/mol. The highest BCUT2D eigenvalue weighted by Crippen LogP contribution is 2.41. The Morgan fingerprint density at radius 1 is 0.296 bits per heavy atom. The lowest BCUT2D eigenvalue weighted by molar-refractivity contribution is 0.381. The molecule has 0 atom stereocenters. The topological polar surface area (TPSA) is 60.3 Å². The van der Waals surface area contributed by atoms with E-state index < -0.39 is 131 Å². The van der Waals surface area contributed by atoms with Gasteiger partial charge in [0.25, 0.3) is 0 Å². The maximum absolute atomic E-state index is 15.6. The number of nitrogens with zero attached hydrogens (tertiary/aromatic N) is 1. The van der Waals surface area contributed by atoms with Crippen LogP contribution in [0.1, 0.15) is 11.4 Å². The number of hydrogen-bond donors (Lipinski definition) is 3. The molecule has 272 valence electrons. The molecule has 0 aliphatic carbocycles. The molecule has 0 spiro atoms. The molecule has 8 bridgehead atoms. The van der Waals surface area contributed by atoms with Crippen molar-refractivity contribution in [2.45, 2.75) is 0 Å². The van der Waals surface area contributed by atoms with E-state index in [0.717, 1.165) is 24.3 Å². The number of nitrogens with one attached hydrogen (secondary N) is 3. The Hall–Kier alpha value is -6.52. The summed E-state index contributed by atoms with van der Waals surface area (Å²) in [6.45, 7) is 0. The third-order valence-corrected chi connectivity index (χ3v) is 8.76. The number of hydrogen-bond acceptors (Lipinski definition) is 1. The van der Waals surface area contributed by atoms with Gasteiger partial charge in [-0.25, -0.2) is 62.1 Å². The second-order valence-electron chi connectivity index (χ2n) is 11.8. The fourth-order valence-electron chi connectivity index (χ4n) is 6.35. The highest BCUT2D eigenvalue weighted by Gasteiger charge is 2.31. The molecule has 54 heavy (non-hydrogen) atoms. The van der Waals surface area contributed by atoms with E-state index in [4.69, 9.17) is 0 Å². The van der Waals surface area contributed by atoms with Crippen LogP contribution in [0.5, 0.6) is 0 Å². The summed E-state index contributed by atoms with van der Waals surface area (Å²) in [6, 6.07) is 6.76. The van der Waals surface area contributed by atoms with Crippen LogP contribution in [0.15, 0.2) is 48.5 Å². The van der Waals surface area contributed by atoms with Crippen LogP contribution in [-0.2, 0) is 0 Å². The molecular weight excluding hydrogens is 747 g/mol. The first-order valence-electron chi connectivity index (χ1n) is 15.2. The van der Waals surface area contributed by atoms with Crippen molar-refractivity contribution in [2.75, 3.05) is 0 Å². The molecule has 17 heteroatoms. The second kappa shape index (κ2) is 12.3. The minimum Gasteiger partial charge on any atom is -0.354 e. The van der Waals surface area contributed by atoms with Crippen LogP contribution in [0.25, 0.3) is 78.6 Å². The first-order chi connectivity index (χ1) is 25.7. The largest absolute Gasteiger partial charge is 0.354 e. The molecule has 1 aliphatic heterocycles. The molecule has 4 nitrogen and oxygen atoms in total. The quantitative estimate of drug-likeness (QED) is 0.0937. The Bertz CT molecular complexity index is 2860. The predicted molar refractivity (Wildman–Crippen MR) is 171 cm³/mol. The van der Waals surface area contributed by atoms with Crippen molar-refractivity contribution in [1.82, 2.24) is 19.9 Å². The zero-order chi connectivity index (χ0) is 38.5. The number of benzene rings is 3. The Morgan fingerprint density at radius 2 is 0.574 bits per heavy atom. The number of fused-ring (bicyclic) bond motifs is 9. The van der Waals surface area contributed by atoms with Crippen LogP contribution in [0, 0.1) is 75.6 Å². The van der Waals surface area contributed by atoms with Crippen molar-refractivity contribution in [2.24, 2.45) is 0 Å². The van der Waals surface area contributed by atoms with Gasteiger partial charge in [0.05, 0.1) is 39.1 Å². The minimum absolute atomic E-state index is 0.0552. The first kappa shape index (κ1) is 34.6. The maximum atomic E-state index is 15.6. The van der Waals surface area contributed by atoms with Crippen molar-refractivity contribution in [1.29, 1.82) is 0 Å². The van der Waals surface area contributed by atoms with Gasteiger partial charge in [-0.3, -0.25) is 0 Å². The summed E-state index contributed by atoms with van der Waals surface area (Å²) < 4.78 is 195. The minimum atomic E-state index is -2.54. The van der Waals surface area contributed by atoms with Crippen LogP contribution >= 0.6 is 0 Å². The third kappa shape index (κ3) is 5.05. The van der Waals surface area contributed by atoms with E-state index in [9.17, 15) is 30.7 Å². The average molecular weight is 761 g/mol. The van der Waals surface area contributed by atoms with E-state index >= 15 is 26.3 Å². The van der Waals surface area contributed by atoms with Crippen LogP contribution in [0.3, 0.4) is 0 Å². The number of H-pyrrole nitrogens is 3. The molecule has 4 aromatic heterocycles. The molecule has 0 radical (unpaired) electrons. The molecule has 7 aromatic rings. The fourth-order valence-corrected chi connectivity index (χ4v) is 6.35. The highest BCUT2D eigenvalue weighted by molar-refractivity contribution is 6.00. The lowest BCUT2D eigenvalue weighted by Gasteiger charge is -2.10. The van der Waals surface area contributed by atoms with E-state index in [1.165, 1.54) is 24.3 Å². The summed E-state index contributed by atoms with van der Waals surface area (Å²) in [7, 11) is 0. The highest BCUT2D eigenvalue weighted by atomic mass is 19.2. The number of rotatable bonds is 3. The van der Waals surface area contributed by atoms with E-state index in [1.54, 1.807) is 0 Å². The Labute approximate surface area is 291 Å². The van der Waals surface area contributed by atoms with Gasteiger partial charge in [0.2, 0.25) is 5.82 Å². The summed E-state index contributed by atoms with van der Waals surface area (Å²) in [5, 5.41) is 0. The summed E-state index contributed by atoms with van der Waals surface area (Å²) in [5.74, 6) is -27.0. The Morgan fingerprint density at radius 3 is 0.963 bits per heavy atom. The van der Waals surface area contributed by atoms with Gasteiger partial charge in [-0.1, -0.05) is 0 Å². The Kier molecular flexibility index (Phi) is 7.86. The standard InChI is InChI=1S/C37H13F13N4/c38-11-9-12(39)30(43)26(29(11)42)23-17-3-1-15(51-17)16-2-4-18(52-16)24(27-31(44)13(40)10-14(41)32(27)45)20-6-8-22(54-20)25(21-7-5-19(23)53-21)28-33(46)35(48)37(50)36(49)34(28)47/h1-10,51-53H. The molecule has 0 fully saturated rings. The average Bonchev–Trinajstić information content (AvgIpc) is 3.98. The number of aromatic nitrogens is 4. The third-order valence-electron chi connectivity index (χ3n) is 8.76. The molecule has 0 saturated carbocycles. The van der Waals surface area contributed by atoms with Crippen molar-refractivity contribution in [3.8, 4) is 33.4 Å². The van der Waals surface area contributed by atoms with Crippen molar-refractivity contribution >= 4 is 45.3 Å². The zero-order valence-corrected chi connectivity index (χ0v) is 26.1. The molecule has 0 amide bonds. The molecule has 1 aliphatic rings. The first-order valence-corrected chi connectivity index (χ1v) is 15.2. The molecule has 0 unspecified atom stereocenters. The van der Waals surface area contributed by atoms with Crippen LogP contribution in [0.4, 0.5) is 57.1 Å². The van der Waals surface area contributed by atoms with Crippen molar-refractivity contribution < 1.29 is 57.1 Å². The summed E-state index contributed by atoms with van der Waals surface area (Å²) in [4.78, 5) is 12.2. The number of aromatic amines is 3. The molecular formula is C37H13F13N4. The van der Waals surface area contributed by atoms with Gasteiger partial charge >= 0.3 is 0 Å². The normalized spacial score (nSPS) is 12.1. The van der Waals surface area contributed by atoms with Crippen molar-refractivity contribution in [3.63, 3.8) is 0 Å². The lowest BCUT2D eigenvalue weighted by Crippen LogP contribution is -2.05. The van der Waals surface area contributed by atoms with Gasteiger partial charge in [0.15, 0.2) is 69.8 Å². The van der Waals surface area contributed by atoms with Crippen LogP contribution in [-0.4, -0.2) is 19.9 Å². The Balaban J connectivity index is 1.65. The summed E-state index contributed by atoms with van der Waals surface area (Å²) >= 11 is 0. The van der Waals surface area contributed by atoms with E-state index in [-0.39, 0.29) is 34.2 Å². The lowest BCUT2D eigenvalue weighted by atomic mass is 10.0. The molecule has 5 heterocycles. The van der Waals surface area contributed by atoms with E-state index in [0.29, 0.717) is 0 Å². The van der Waals surface area contributed by atoms with Gasteiger partial charge in [0, 0.05) is 50.9 Å². The van der Waals surface area contributed by atoms with E-state index in [1.807, 2.05) is 0 Å². The smallest absolute Gasteiger partial charge is 0.200 e. The molecule has 3 N–H and O–H groups in total. The van der Waals surface area contributed by atoms with Crippen LogP contribution < -0.4 is 0 Å². The summed E-state index contributed by atoms with van der Waals surface area (Å²) in [6.07, 6.45) is 1.87. The van der Waals surface area contributed by atoms with Gasteiger partial charge in [0.1, 0.15) is 0 Å². The molecule has 8 rings (SSSR count). The van der Waals surface area contributed by atoms with E-state index in [2.05, 4.69) is 19.9 Å². The van der Waals surface area contributed by atoms with Gasteiger partial charge in [-0.05, 0) is 48.6 Å². The maximum Gasteiger partial charge on any atom is 0.200 e. The van der Waals surface area contributed by atoms with Crippen LogP contribution in [0.2, 0.25) is 0 Å². The second-order valence-corrected chi connectivity index (χ2v) is 11.8. The van der Waals surface area contributed by atoms with Gasteiger partial charge in [-0.15, -0.1) is 0 Å². The summed E-state index contributed by atoms with van der Waals surface area (Å²) in [5.41, 5.74) is -9.13. The fraction of sp³-hybridized carbons (Fsp3) is 0.